The Morgan fingerprint density at radius 3 is 2.70 bits per heavy atom. The number of hydrogen-bond acceptors (Lipinski definition) is 2. The molecule has 0 bridgehead atoms. The van der Waals surface area contributed by atoms with Gasteiger partial charge in [-0.25, -0.2) is 14.0 Å². The van der Waals surface area contributed by atoms with Crippen LogP contribution in [-0.2, 0) is 0 Å². The van der Waals surface area contributed by atoms with Crippen molar-refractivity contribution in [3.05, 3.63) is 29.6 Å². The van der Waals surface area contributed by atoms with Crippen molar-refractivity contribution < 1.29 is 19.1 Å². The van der Waals surface area contributed by atoms with E-state index in [1.807, 2.05) is 0 Å². The van der Waals surface area contributed by atoms with Crippen molar-refractivity contribution in [2.75, 3.05) is 5.32 Å². The predicted octanol–water partition coefficient (Wildman–Crippen LogP) is 2.83. The number of carbonyl (C=O) groups excluding carboxylic acids is 1. The van der Waals surface area contributed by atoms with E-state index < -0.39 is 17.8 Å². The average molecular weight is 280 g/mol. The Morgan fingerprint density at radius 2 is 2.10 bits per heavy atom. The second-order valence-corrected chi connectivity index (χ2v) is 5.11. The molecule has 0 aliphatic heterocycles. The Kier molecular flexibility index (Phi) is 4.22. The first-order chi connectivity index (χ1) is 9.47. The molecule has 1 fully saturated rings. The summed E-state index contributed by atoms with van der Waals surface area (Å²) in [5.41, 5.74) is -0.179. The third kappa shape index (κ3) is 3.26. The summed E-state index contributed by atoms with van der Waals surface area (Å²) < 4.78 is 13.0. The molecule has 0 spiro atoms. The summed E-state index contributed by atoms with van der Waals surface area (Å²) in [4.78, 5) is 22.9. The van der Waals surface area contributed by atoms with Crippen molar-refractivity contribution in [2.45, 2.75) is 32.2 Å². The van der Waals surface area contributed by atoms with Gasteiger partial charge in [0, 0.05) is 6.04 Å². The predicted molar refractivity (Wildman–Crippen MR) is 72.3 cm³/mol. The van der Waals surface area contributed by atoms with E-state index in [0.717, 1.165) is 31.4 Å². The smallest absolute Gasteiger partial charge is 0.337 e. The number of halogens is 1. The number of carboxylic acid groups (broad SMARTS) is 1. The molecule has 0 saturated heterocycles. The van der Waals surface area contributed by atoms with Gasteiger partial charge in [-0.1, -0.05) is 13.3 Å². The number of nitrogens with one attached hydrogen (secondary N) is 2. The van der Waals surface area contributed by atoms with E-state index in [1.165, 1.54) is 6.07 Å². The van der Waals surface area contributed by atoms with Crippen LogP contribution in [0.3, 0.4) is 0 Å². The van der Waals surface area contributed by atoms with Crippen LogP contribution >= 0.6 is 0 Å². The average Bonchev–Trinajstić information content (AvgIpc) is 2.77. The van der Waals surface area contributed by atoms with Crippen LogP contribution in [-0.4, -0.2) is 23.1 Å². The summed E-state index contributed by atoms with van der Waals surface area (Å²) in [6.45, 7) is 2.07. The topological polar surface area (TPSA) is 78.4 Å². The monoisotopic (exact) mass is 280 g/mol. The van der Waals surface area contributed by atoms with Crippen LogP contribution in [0, 0.1) is 11.7 Å². The number of amides is 2. The summed E-state index contributed by atoms with van der Waals surface area (Å²) in [5.74, 6) is -1.53. The molecule has 20 heavy (non-hydrogen) atoms. The van der Waals surface area contributed by atoms with Crippen LogP contribution in [0.2, 0.25) is 0 Å². The molecule has 0 radical (unpaired) electrons. The lowest BCUT2D eigenvalue weighted by molar-refractivity contribution is 0.0697. The zero-order valence-electron chi connectivity index (χ0n) is 11.1. The highest BCUT2D eigenvalue weighted by atomic mass is 19.1. The van der Waals surface area contributed by atoms with Crippen molar-refractivity contribution in [1.29, 1.82) is 0 Å². The molecule has 2 atom stereocenters. The minimum absolute atomic E-state index is 0.0852. The first-order valence-electron chi connectivity index (χ1n) is 6.57. The third-order valence-electron chi connectivity index (χ3n) is 3.64. The van der Waals surface area contributed by atoms with Crippen molar-refractivity contribution >= 4 is 17.7 Å². The minimum Gasteiger partial charge on any atom is -0.478 e. The van der Waals surface area contributed by atoms with Crippen molar-refractivity contribution in [3.63, 3.8) is 0 Å². The number of anilines is 1. The van der Waals surface area contributed by atoms with Crippen molar-refractivity contribution in [2.24, 2.45) is 5.92 Å². The molecule has 0 aromatic heterocycles. The fraction of sp³-hybridized carbons (Fsp3) is 0.429. The largest absolute Gasteiger partial charge is 0.478 e. The van der Waals surface area contributed by atoms with Crippen LogP contribution in [0.4, 0.5) is 14.9 Å². The van der Waals surface area contributed by atoms with Gasteiger partial charge in [-0.2, -0.15) is 0 Å². The molecule has 108 valence electrons. The fourth-order valence-corrected chi connectivity index (χ4v) is 2.49. The molecule has 2 amide bonds. The maximum atomic E-state index is 13.0. The van der Waals surface area contributed by atoms with Gasteiger partial charge in [0.1, 0.15) is 5.82 Å². The Labute approximate surface area is 116 Å². The van der Waals surface area contributed by atoms with Gasteiger partial charge in [0.25, 0.3) is 0 Å². The molecule has 5 nitrogen and oxygen atoms in total. The SMILES string of the molecule is CC1CCCC1NC(=O)Nc1ccc(F)cc1C(=O)O. The molecule has 1 aliphatic rings. The maximum absolute atomic E-state index is 13.0. The fourth-order valence-electron chi connectivity index (χ4n) is 2.49. The molecule has 1 aliphatic carbocycles. The van der Waals surface area contributed by atoms with E-state index >= 15 is 0 Å². The molecule has 1 aromatic carbocycles. The quantitative estimate of drug-likeness (QED) is 0.796. The number of rotatable bonds is 3. The van der Waals surface area contributed by atoms with Gasteiger partial charge in [-0.15, -0.1) is 0 Å². The summed E-state index contributed by atoms with van der Waals surface area (Å²) in [6, 6.07) is 2.88. The third-order valence-corrected chi connectivity index (χ3v) is 3.64. The zero-order valence-corrected chi connectivity index (χ0v) is 11.1. The highest BCUT2D eigenvalue weighted by Gasteiger charge is 2.25. The Morgan fingerprint density at radius 1 is 1.35 bits per heavy atom. The van der Waals surface area contributed by atoms with Gasteiger partial charge in [-0.3, -0.25) is 0 Å². The number of urea groups is 1. The molecule has 3 N–H and O–H groups in total. The van der Waals surface area contributed by atoms with Gasteiger partial charge < -0.3 is 15.7 Å². The first kappa shape index (κ1) is 14.3. The summed E-state index contributed by atoms with van der Waals surface area (Å²) in [7, 11) is 0. The van der Waals surface area contributed by atoms with E-state index in [1.54, 1.807) is 0 Å². The Balaban J connectivity index is 2.06. The molecule has 0 heterocycles. The van der Waals surface area contributed by atoms with Crippen LogP contribution in [0.5, 0.6) is 0 Å². The van der Waals surface area contributed by atoms with E-state index in [-0.39, 0.29) is 17.3 Å². The normalized spacial score (nSPS) is 21.5. The number of hydrogen-bond donors (Lipinski definition) is 3. The summed E-state index contributed by atoms with van der Waals surface area (Å²) in [5, 5.41) is 14.3. The van der Waals surface area contributed by atoms with Crippen LogP contribution in [0.15, 0.2) is 18.2 Å². The lowest BCUT2D eigenvalue weighted by Crippen LogP contribution is -2.39. The summed E-state index contributed by atoms with van der Waals surface area (Å²) >= 11 is 0. The second kappa shape index (κ2) is 5.90. The van der Waals surface area contributed by atoms with Gasteiger partial charge >= 0.3 is 12.0 Å². The highest BCUT2D eigenvalue weighted by molar-refractivity contribution is 6.00. The van der Waals surface area contributed by atoms with Crippen LogP contribution < -0.4 is 10.6 Å². The maximum Gasteiger partial charge on any atom is 0.337 e. The van der Waals surface area contributed by atoms with E-state index in [2.05, 4.69) is 17.6 Å². The van der Waals surface area contributed by atoms with Crippen molar-refractivity contribution in [3.8, 4) is 0 Å². The molecule has 6 heteroatoms. The van der Waals surface area contributed by atoms with Gasteiger partial charge in [0.15, 0.2) is 0 Å². The van der Waals surface area contributed by atoms with Crippen molar-refractivity contribution in [1.82, 2.24) is 5.32 Å². The molecular weight excluding hydrogens is 263 g/mol. The van der Waals surface area contributed by atoms with Gasteiger partial charge in [-0.05, 0) is 37.0 Å². The molecule has 1 saturated carbocycles. The van der Waals surface area contributed by atoms with Crippen LogP contribution in [0.25, 0.3) is 0 Å². The zero-order chi connectivity index (χ0) is 14.7. The Hall–Kier alpha value is -2.11. The van der Waals surface area contributed by atoms with Crippen LogP contribution in [0.1, 0.15) is 36.5 Å². The number of benzene rings is 1. The lowest BCUT2D eigenvalue weighted by Gasteiger charge is -2.18. The first-order valence-corrected chi connectivity index (χ1v) is 6.57. The van der Waals surface area contributed by atoms with Gasteiger partial charge in [0.2, 0.25) is 0 Å². The summed E-state index contributed by atoms with van der Waals surface area (Å²) in [6.07, 6.45) is 3.06. The second-order valence-electron chi connectivity index (χ2n) is 5.11. The number of carboxylic acids is 1. The molecule has 2 unspecified atom stereocenters. The standard InChI is InChI=1S/C14H17FN2O3/c1-8-3-2-4-11(8)16-14(20)17-12-6-5-9(15)7-10(12)13(18)19/h5-8,11H,2-4H2,1H3,(H,18,19)(H2,16,17,20). The van der Waals surface area contributed by atoms with E-state index in [9.17, 15) is 14.0 Å². The molecule has 1 aromatic rings. The molecular formula is C14H17FN2O3. The molecule has 2 rings (SSSR count). The Bertz CT molecular complexity index is 533. The van der Waals surface area contributed by atoms with Gasteiger partial charge in [0.05, 0.1) is 11.3 Å². The van der Waals surface area contributed by atoms with E-state index in [4.69, 9.17) is 5.11 Å². The highest BCUT2D eigenvalue weighted by Crippen LogP contribution is 2.25. The number of aromatic carboxylic acids is 1. The number of carbonyl (C=O) groups is 2. The van der Waals surface area contributed by atoms with E-state index in [0.29, 0.717) is 5.92 Å². The minimum atomic E-state index is -1.28. The lowest BCUT2D eigenvalue weighted by atomic mass is 10.1.